The Morgan fingerprint density at radius 3 is 2.68 bits per heavy atom. The van der Waals surface area contributed by atoms with E-state index in [0.717, 1.165) is 24.2 Å². The molecule has 138 valence electrons. The molecule has 0 saturated heterocycles. The number of benzene rings is 1. The summed E-state index contributed by atoms with van der Waals surface area (Å²) in [6.07, 6.45) is 5.65. The number of carboxylic acid groups (broad SMARTS) is 1. The van der Waals surface area contributed by atoms with Crippen molar-refractivity contribution in [1.29, 1.82) is 0 Å². The van der Waals surface area contributed by atoms with Gasteiger partial charge < -0.3 is 19.9 Å². The molecule has 0 bridgehead atoms. The van der Waals surface area contributed by atoms with Crippen LogP contribution in [0.1, 0.15) is 44.6 Å². The van der Waals surface area contributed by atoms with Crippen LogP contribution in [0.15, 0.2) is 24.3 Å². The number of ether oxygens (including phenoxy) is 2. The van der Waals surface area contributed by atoms with Gasteiger partial charge in [-0.05, 0) is 56.7 Å². The Bertz CT molecular complexity index is 597. The first-order valence-corrected chi connectivity index (χ1v) is 8.72. The molecule has 1 atom stereocenters. The largest absolute Gasteiger partial charge is 0.490 e. The molecule has 0 spiro atoms. The van der Waals surface area contributed by atoms with Crippen LogP contribution < -0.4 is 10.1 Å². The summed E-state index contributed by atoms with van der Waals surface area (Å²) in [5.41, 5.74) is -0.423. The summed E-state index contributed by atoms with van der Waals surface area (Å²) in [5.74, 6) is -0.599. The minimum atomic E-state index is -1.42. The Hall–Kier alpha value is -2.08. The van der Waals surface area contributed by atoms with Crippen LogP contribution in [-0.2, 0) is 20.7 Å². The molecule has 1 fully saturated rings. The van der Waals surface area contributed by atoms with E-state index in [9.17, 15) is 14.7 Å². The van der Waals surface area contributed by atoms with Crippen LogP contribution in [0, 0.1) is 0 Å². The van der Waals surface area contributed by atoms with E-state index in [1.54, 1.807) is 0 Å². The highest BCUT2D eigenvalue weighted by molar-refractivity contribution is 5.86. The van der Waals surface area contributed by atoms with Gasteiger partial charge in [0.15, 0.2) is 5.54 Å². The maximum Gasteiger partial charge on any atom is 0.331 e. The Kier molecular flexibility index (Phi) is 6.82. The second-order valence-electron chi connectivity index (χ2n) is 6.79. The number of hydrogen-bond donors (Lipinski definition) is 2. The van der Waals surface area contributed by atoms with Gasteiger partial charge in [0.1, 0.15) is 5.75 Å². The minimum absolute atomic E-state index is 0.0845. The first kappa shape index (κ1) is 19.2. The molecule has 25 heavy (non-hydrogen) atoms. The number of carboxylic acids is 1. The summed E-state index contributed by atoms with van der Waals surface area (Å²) in [7, 11) is 1.41. The number of amides is 1. The van der Waals surface area contributed by atoms with Crippen molar-refractivity contribution in [2.45, 2.75) is 57.1 Å². The van der Waals surface area contributed by atoms with Crippen molar-refractivity contribution in [3.05, 3.63) is 29.8 Å². The van der Waals surface area contributed by atoms with Crippen LogP contribution >= 0.6 is 0 Å². The van der Waals surface area contributed by atoms with Crippen molar-refractivity contribution >= 4 is 11.9 Å². The monoisotopic (exact) mass is 349 g/mol. The highest BCUT2D eigenvalue weighted by Crippen LogP contribution is 2.24. The van der Waals surface area contributed by atoms with E-state index in [-0.39, 0.29) is 18.9 Å². The average Bonchev–Trinajstić information content (AvgIpc) is 3.06. The van der Waals surface area contributed by atoms with Gasteiger partial charge in [0, 0.05) is 13.5 Å². The molecule has 6 heteroatoms. The minimum Gasteiger partial charge on any atom is -0.490 e. The first-order chi connectivity index (χ1) is 11.9. The summed E-state index contributed by atoms with van der Waals surface area (Å²) in [5, 5.41) is 11.8. The molecule has 1 amide bonds. The van der Waals surface area contributed by atoms with E-state index in [1.165, 1.54) is 26.9 Å². The van der Waals surface area contributed by atoms with Gasteiger partial charge >= 0.3 is 5.97 Å². The molecule has 1 aliphatic carbocycles. The van der Waals surface area contributed by atoms with Gasteiger partial charge in [0.25, 0.3) is 0 Å². The number of carbonyl (C=O) groups excluding carboxylic acids is 1. The lowest BCUT2D eigenvalue weighted by atomic mass is 10.0. The zero-order chi connectivity index (χ0) is 18.3. The molecule has 0 heterocycles. The average molecular weight is 349 g/mol. The van der Waals surface area contributed by atoms with E-state index in [4.69, 9.17) is 9.47 Å². The van der Waals surface area contributed by atoms with E-state index in [1.807, 2.05) is 24.3 Å². The third-order valence-corrected chi connectivity index (χ3v) is 4.46. The van der Waals surface area contributed by atoms with E-state index in [2.05, 4.69) is 5.32 Å². The fourth-order valence-electron chi connectivity index (χ4n) is 3.04. The van der Waals surface area contributed by atoms with E-state index < -0.39 is 11.5 Å². The van der Waals surface area contributed by atoms with Crippen molar-refractivity contribution in [2.24, 2.45) is 0 Å². The number of aryl methyl sites for hydroxylation is 1. The lowest BCUT2D eigenvalue weighted by Crippen LogP contribution is -2.55. The van der Waals surface area contributed by atoms with Crippen molar-refractivity contribution in [1.82, 2.24) is 5.32 Å². The van der Waals surface area contributed by atoms with Crippen LogP contribution in [-0.4, -0.2) is 42.3 Å². The molecule has 1 aromatic rings. The molecule has 1 saturated carbocycles. The molecule has 2 rings (SSSR count). The second-order valence-corrected chi connectivity index (χ2v) is 6.79. The molecule has 1 aromatic carbocycles. The number of methoxy groups -OCH3 is 1. The molecular formula is C19H27NO5. The van der Waals surface area contributed by atoms with Crippen LogP contribution in [0.2, 0.25) is 0 Å². The third kappa shape index (κ3) is 5.74. The predicted octanol–water partition coefficient (Wildman–Crippen LogP) is 2.55. The highest BCUT2D eigenvalue weighted by Gasteiger charge is 2.34. The van der Waals surface area contributed by atoms with Gasteiger partial charge in [-0.1, -0.05) is 12.1 Å². The van der Waals surface area contributed by atoms with Gasteiger partial charge in [-0.15, -0.1) is 0 Å². The van der Waals surface area contributed by atoms with Crippen LogP contribution in [0.3, 0.4) is 0 Å². The Labute approximate surface area is 148 Å². The standard InChI is InChI=1S/C19H27NO5/c1-19(13-24-2,18(22)23)20-17(21)11-10-14-6-5-9-16(12-14)25-15-7-3-4-8-15/h5-6,9,12,15H,3-4,7-8,10-11,13H2,1-2H3,(H,20,21)(H,22,23). The van der Waals surface area contributed by atoms with Crippen LogP contribution in [0.25, 0.3) is 0 Å². The zero-order valence-corrected chi connectivity index (χ0v) is 14.9. The maximum absolute atomic E-state index is 12.1. The third-order valence-electron chi connectivity index (χ3n) is 4.46. The number of carbonyl (C=O) groups is 2. The predicted molar refractivity (Wildman–Crippen MR) is 93.7 cm³/mol. The fraction of sp³-hybridized carbons (Fsp3) is 0.579. The molecule has 1 unspecified atom stereocenters. The number of nitrogens with one attached hydrogen (secondary N) is 1. The second kappa shape index (κ2) is 8.85. The zero-order valence-electron chi connectivity index (χ0n) is 14.9. The van der Waals surface area contributed by atoms with Gasteiger partial charge in [-0.25, -0.2) is 4.79 Å². The summed E-state index contributed by atoms with van der Waals surface area (Å²) < 4.78 is 10.9. The van der Waals surface area contributed by atoms with Crippen LogP contribution in [0.4, 0.5) is 0 Å². The number of aliphatic carboxylic acids is 1. The topological polar surface area (TPSA) is 84.9 Å². The van der Waals surface area contributed by atoms with Gasteiger partial charge in [0.05, 0.1) is 12.7 Å². The maximum atomic E-state index is 12.1. The molecule has 2 N–H and O–H groups in total. The van der Waals surface area contributed by atoms with E-state index >= 15 is 0 Å². The number of hydrogen-bond acceptors (Lipinski definition) is 4. The Morgan fingerprint density at radius 2 is 2.04 bits per heavy atom. The van der Waals surface area contributed by atoms with Gasteiger partial charge in [0.2, 0.25) is 5.91 Å². The lowest BCUT2D eigenvalue weighted by molar-refractivity contribution is -0.149. The molecular weight excluding hydrogens is 322 g/mol. The smallest absolute Gasteiger partial charge is 0.331 e. The highest BCUT2D eigenvalue weighted by atomic mass is 16.5. The summed E-state index contributed by atoms with van der Waals surface area (Å²) >= 11 is 0. The Morgan fingerprint density at radius 1 is 1.32 bits per heavy atom. The normalized spacial score (nSPS) is 17.0. The van der Waals surface area contributed by atoms with Crippen molar-refractivity contribution < 1.29 is 24.2 Å². The van der Waals surface area contributed by atoms with Crippen molar-refractivity contribution in [2.75, 3.05) is 13.7 Å². The molecule has 0 aliphatic heterocycles. The number of rotatable bonds is 9. The molecule has 1 aliphatic rings. The summed E-state index contributed by atoms with van der Waals surface area (Å²) in [4.78, 5) is 23.4. The van der Waals surface area contributed by atoms with Crippen molar-refractivity contribution in [3.63, 3.8) is 0 Å². The lowest BCUT2D eigenvalue weighted by Gasteiger charge is -2.25. The fourth-order valence-corrected chi connectivity index (χ4v) is 3.04. The van der Waals surface area contributed by atoms with Gasteiger partial charge in [-0.3, -0.25) is 4.79 Å². The molecule has 6 nitrogen and oxygen atoms in total. The van der Waals surface area contributed by atoms with E-state index in [0.29, 0.717) is 12.5 Å². The Balaban J connectivity index is 1.87. The first-order valence-electron chi connectivity index (χ1n) is 8.72. The van der Waals surface area contributed by atoms with Crippen molar-refractivity contribution in [3.8, 4) is 5.75 Å². The quantitative estimate of drug-likeness (QED) is 0.716. The summed E-state index contributed by atoms with van der Waals surface area (Å²) in [6.45, 7) is 1.35. The molecule has 0 radical (unpaired) electrons. The SMILES string of the molecule is COCC(C)(NC(=O)CCc1cccc(OC2CCCC2)c1)C(=O)O. The molecule has 0 aromatic heterocycles. The van der Waals surface area contributed by atoms with Crippen LogP contribution in [0.5, 0.6) is 5.75 Å². The summed E-state index contributed by atoms with van der Waals surface area (Å²) in [6, 6.07) is 7.75. The van der Waals surface area contributed by atoms with Gasteiger partial charge in [-0.2, -0.15) is 0 Å².